The summed E-state index contributed by atoms with van der Waals surface area (Å²) in [6.07, 6.45) is 2.13. The molecule has 3 nitrogen and oxygen atoms in total. The molecule has 1 aromatic carbocycles. The van der Waals surface area contributed by atoms with Crippen LogP contribution in [0, 0.1) is 5.82 Å². The van der Waals surface area contributed by atoms with E-state index < -0.39 is 0 Å². The predicted molar refractivity (Wildman–Crippen MR) is 53.9 cm³/mol. The van der Waals surface area contributed by atoms with Crippen LogP contribution in [0.3, 0.4) is 0 Å². The highest BCUT2D eigenvalue weighted by atomic mass is 19.1. The Labute approximate surface area is 86.3 Å². The zero-order chi connectivity index (χ0) is 10.3. The Hall–Kier alpha value is -1.42. The number of nitrogens with zero attached hydrogens (tertiary/aromatic N) is 1. The third kappa shape index (κ3) is 1.41. The maximum absolute atomic E-state index is 13.3. The average Bonchev–Trinajstić information content (AvgIpc) is 2.86. The number of hydrogen-bond donors (Lipinski definition) is 1. The van der Waals surface area contributed by atoms with Crippen molar-refractivity contribution in [3.05, 3.63) is 29.9 Å². The van der Waals surface area contributed by atoms with Crippen molar-refractivity contribution in [2.75, 3.05) is 6.54 Å². The lowest BCUT2D eigenvalue weighted by molar-refractivity contribution is 0.442. The number of benzene rings is 1. The second kappa shape index (κ2) is 3.31. The first kappa shape index (κ1) is 8.85. The first-order chi connectivity index (χ1) is 7.34. The van der Waals surface area contributed by atoms with Crippen LogP contribution in [0.1, 0.15) is 24.8 Å². The molecular weight excluding hydrogens is 195 g/mol. The number of aromatic nitrogens is 1. The molecule has 0 unspecified atom stereocenters. The van der Waals surface area contributed by atoms with E-state index in [-0.39, 0.29) is 17.4 Å². The summed E-state index contributed by atoms with van der Waals surface area (Å²) in [7, 11) is 0. The van der Waals surface area contributed by atoms with E-state index in [1.54, 1.807) is 12.1 Å². The zero-order valence-electron chi connectivity index (χ0n) is 8.16. The van der Waals surface area contributed by atoms with Crippen molar-refractivity contribution in [1.82, 2.24) is 10.3 Å². The highest BCUT2D eigenvalue weighted by Crippen LogP contribution is 2.26. The molecule has 2 aromatic rings. The second-order valence-electron chi connectivity index (χ2n) is 3.79. The summed E-state index contributed by atoms with van der Waals surface area (Å²) in [5, 5.41) is 3.27. The van der Waals surface area contributed by atoms with Crippen LogP contribution >= 0.6 is 0 Å². The fourth-order valence-electron chi connectivity index (χ4n) is 1.98. The molecule has 1 N–H and O–H groups in total. The molecule has 78 valence electrons. The molecule has 1 atom stereocenters. The minimum atomic E-state index is -0.343. The van der Waals surface area contributed by atoms with Crippen LogP contribution in [0.2, 0.25) is 0 Å². The van der Waals surface area contributed by atoms with E-state index in [1.807, 2.05) is 0 Å². The summed E-state index contributed by atoms with van der Waals surface area (Å²) in [4.78, 5) is 4.29. The van der Waals surface area contributed by atoms with Gasteiger partial charge >= 0.3 is 0 Å². The SMILES string of the molecule is Fc1cccc2nc([C@@H]3CCCN3)oc12. The van der Waals surface area contributed by atoms with Gasteiger partial charge in [0, 0.05) is 0 Å². The Balaban J connectivity index is 2.09. The molecule has 1 saturated heterocycles. The van der Waals surface area contributed by atoms with Crippen molar-refractivity contribution in [1.29, 1.82) is 0 Å². The van der Waals surface area contributed by atoms with E-state index in [4.69, 9.17) is 4.42 Å². The quantitative estimate of drug-likeness (QED) is 0.778. The van der Waals surface area contributed by atoms with Crippen molar-refractivity contribution in [3.63, 3.8) is 0 Å². The molecule has 1 aliphatic rings. The van der Waals surface area contributed by atoms with E-state index in [0.29, 0.717) is 11.4 Å². The first-order valence-corrected chi connectivity index (χ1v) is 5.13. The molecule has 0 aliphatic carbocycles. The number of oxazole rings is 1. The van der Waals surface area contributed by atoms with Gasteiger partial charge in [0.15, 0.2) is 11.4 Å². The second-order valence-corrected chi connectivity index (χ2v) is 3.79. The zero-order valence-corrected chi connectivity index (χ0v) is 8.16. The summed E-state index contributed by atoms with van der Waals surface area (Å²) < 4.78 is 18.8. The maximum atomic E-state index is 13.3. The standard InChI is InChI=1S/C11H11FN2O/c12-7-3-1-4-8-10(7)15-11(14-8)9-5-2-6-13-9/h1,3-4,9,13H,2,5-6H2/t9-/m0/s1. The van der Waals surface area contributed by atoms with Gasteiger partial charge in [-0.3, -0.25) is 0 Å². The minimum absolute atomic E-state index is 0.150. The van der Waals surface area contributed by atoms with Crippen molar-refractivity contribution in [2.24, 2.45) is 0 Å². The van der Waals surface area contributed by atoms with Gasteiger partial charge in [-0.2, -0.15) is 0 Å². The van der Waals surface area contributed by atoms with Crippen LogP contribution in [-0.4, -0.2) is 11.5 Å². The van der Waals surface area contributed by atoms with Gasteiger partial charge in [-0.05, 0) is 31.5 Å². The largest absolute Gasteiger partial charge is 0.436 e. The molecule has 1 aliphatic heterocycles. The van der Waals surface area contributed by atoms with Crippen LogP contribution in [-0.2, 0) is 0 Å². The molecule has 1 fully saturated rings. The third-order valence-electron chi connectivity index (χ3n) is 2.74. The Morgan fingerprint density at radius 1 is 1.47 bits per heavy atom. The van der Waals surface area contributed by atoms with Crippen LogP contribution in [0.5, 0.6) is 0 Å². The van der Waals surface area contributed by atoms with Gasteiger partial charge in [0.2, 0.25) is 5.89 Å². The highest BCUT2D eigenvalue weighted by molar-refractivity contribution is 5.73. The summed E-state index contributed by atoms with van der Waals surface area (Å²) in [5.41, 5.74) is 0.861. The molecule has 0 saturated carbocycles. The smallest absolute Gasteiger partial charge is 0.212 e. The van der Waals surface area contributed by atoms with E-state index >= 15 is 0 Å². The summed E-state index contributed by atoms with van der Waals surface area (Å²) in [6.45, 7) is 0.978. The van der Waals surface area contributed by atoms with Gasteiger partial charge in [0.25, 0.3) is 0 Å². The van der Waals surface area contributed by atoms with Crippen molar-refractivity contribution >= 4 is 11.1 Å². The van der Waals surface area contributed by atoms with Gasteiger partial charge in [-0.15, -0.1) is 0 Å². The van der Waals surface area contributed by atoms with Crippen LogP contribution in [0.4, 0.5) is 4.39 Å². The van der Waals surface area contributed by atoms with Crippen LogP contribution in [0.15, 0.2) is 22.6 Å². The fraction of sp³-hybridized carbons (Fsp3) is 0.364. The van der Waals surface area contributed by atoms with E-state index in [2.05, 4.69) is 10.3 Å². The van der Waals surface area contributed by atoms with Gasteiger partial charge in [0.1, 0.15) is 5.52 Å². The summed E-state index contributed by atoms with van der Waals surface area (Å²) in [6, 6.07) is 4.95. The molecule has 2 heterocycles. The number of nitrogens with one attached hydrogen (secondary N) is 1. The Bertz CT molecular complexity index is 488. The molecule has 3 rings (SSSR count). The topological polar surface area (TPSA) is 38.1 Å². The molecule has 0 bridgehead atoms. The Morgan fingerprint density at radius 2 is 2.40 bits per heavy atom. The molecule has 0 radical (unpaired) electrons. The molecule has 1 aromatic heterocycles. The van der Waals surface area contributed by atoms with E-state index in [0.717, 1.165) is 19.4 Å². The molecule has 0 spiro atoms. The Morgan fingerprint density at radius 3 is 3.13 bits per heavy atom. The number of halogens is 1. The predicted octanol–water partition coefficient (Wildman–Crippen LogP) is 2.39. The average molecular weight is 206 g/mol. The Kier molecular flexibility index (Phi) is 1.95. The van der Waals surface area contributed by atoms with E-state index in [1.165, 1.54) is 6.07 Å². The lowest BCUT2D eigenvalue weighted by Crippen LogP contribution is -2.12. The first-order valence-electron chi connectivity index (χ1n) is 5.13. The van der Waals surface area contributed by atoms with Crippen molar-refractivity contribution in [2.45, 2.75) is 18.9 Å². The number of fused-ring (bicyclic) bond motifs is 1. The highest BCUT2D eigenvalue weighted by Gasteiger charge is 2.22. The summed E-state index contributed by atoms with van der Waals surface area (Å²) >= 11 is 0. The third-order valence-corrected chi connectivity index (χ3v) is 2.74. The van der Waals surface area contributed by atoms with Gasteiger partial charge in [0.05, 0.1) is 6.04 Å². The number of hydrogen-bond acceptors (Lipinski definition) is 3. The molecular formula is C11H11FN2O. The van der Waals surface area contributed by atoms with Crippen LogP contribution < -0.4 is 5.32 Å². The molecule has 15 heavy (non-hydrogen) atoms. The molecule has 4 heteroatoms. The van der Waals surface area contributed by atoms with Crippen LogP contribution in [0.25, 0.3) is 11.1 Å². The maximum Gasteiger partial charge on any atom is 0.212 e. The van der Waals surface area contributed by atoms with Gasteiger partial charge in [-0.1, -0.05) is 6.07 Å². The van der Waals surface area contributed by atoms with E-state index in [9.17, 15) is 4.39 Å². The number of para-hydroxylation sites is 1. The van der Waals surface area contributed by atoms with Gasteiger partial charge < -0.3 is 9.73 Å². The number of rotatable bonds is 1. The summed E-state index contributed by atoms with van der Waals surface area (Å²) in [5.74, 6) is 0.261. The lowest BCUT2D eigenvalue weighted by Gasteiger charge is -2.02. The monoisotopic (exact) mass is 206 g/mol. The lowest BCUT2D eigenvalue weighted by atomic mass is 10.2. The molecule has 0 amide bonds. The van der Waals surface area contributed by atoms with Crippen molar-refractivity contribution in [3.8, 4) is 0 Å². The van der Waals surface area contributed by atoms with Crippen molar-refractivity contribution < 1.29 is 8.81 Å². The minimum Gasteiger partial charge on any atom is -0.436 e. The van der Waals surface area contributed by atoms with Gasteiger partial charge in [-0.25, -0.2) is 9.37 Å². The fourth-order valence-corrected chi connectivity index (χ4v) is 1.98. The normalized spacial score (nSPS) is 21.3.